The van der Waals surface area contributed by atoms with Gasteiger partial charge >= 0.3 is 0 Å². The van der Waals surface area contributed by atoms with Crippen LogP contribution in [-0.4, -0.2) is 10.8 Å². The fourth-order valence-electron chi connectivity index (χ4n) is 2.99. The summed E-state index contributed by atoms with van der Waals surface area (Å²) in [6.45, 7) is 6.05. The van der Waals surface area contributed by atoms with Crippen LogP contribution in [0, 0.1) is 20.8 Å². The molecule has 0 aliphatic heterocycles. The van der Waals surface area contributed by atoms with Gasteiger partial charge in [0.2, 0.25) is 0 Å². The quantitative estimate of drug-likeness (QED) is 0.647. The molecular weight excluding hydrogens is 326 g/mol. The first-order chi connectivity index (χ1) is 9.99. The zero-order valence-corrected chi connectivity index (χ0v) is 13.8. The van der Waals surface area contributed by atoms with Crippen LogP contribution in [-0.2, 0) is 0 Å². The molecule has 0 atom stereocenters. The van der Waals surface area contributed by atoms with Gasteiger partial charge in [0.1, 0.15) is 0 Å². The summed E-state index contributed by atoms with van der Waals surface area (Å²) in [6.07, 6.45) is 1.80. The fourth-order valence-corrected chi connectivity index (χ4v) is 3.57. The van der Waals surface area contributed by atoms with Crippen LogP contribution in [0.15, 0.2) is 41.0 Å². The largest absolute Gasteiger partial charge is 0.360 e. The van der Waals surface area contributed by atoms with Crippen LogP contribution in [0.2, 0.25) is 0 Å². The highest BCUT2D eigenvalue weighted by atomic mass is 79.9. The Morgan fingerprint density at radius 3 is 2.43 bits per heavy atom. The number of halogens is 1. The second-order valence-electron chi connectivity index (χ2n) is 5.47. The summed E-state index contributed by atoms with van der Waals surface area (Å²) in [5, 5.41) is 0.946. The summed E-state index contributed by atoms with van der Waals surface area (Å²) >= 11 is 3.54. The Balaban J connectivity index is 2.23. The maximum Gasteiger partial charge on any atom is 0.195 e. The maximum atomic E-state index is 13.0. The molecule has 0 fully saturated rings. The second kappa shape index (κ2) is 5.15. The van der Waals surface area contributed by atoms with E-state index < -0.39 is 0 Å². The average molecular weight is 342 g/mol. The Bertz CT molecular complexity index is 838. The predicted molar refractivity (Wildman–Crippen MR) is 90.1 cm³/mol. The average Bonchev–Trinajstić information content (AvgIpc) is 2.82. The van der Waals surface area contributed by atoms with E-state index in [0.29, 0.717) is 5.56 Å². The molecule has 2 aromatic carbocycles. The van der Waals surface area contributed by atoms with Crippen LogP contribution in [0.5, 0.6) is 0 Å². The standard InChI is InChI=1S/C18H16BrNO/c1-10-7-11(2)16(12(3)8-10)18(21)13-9-20-15-6-4-5-14(19)17(13)15/h4-9,20H,1-3H3. The normalized spacial score (nSPS) is 11.0. The van der Waals surface area contributed by atoms with Gasteiger partial charge in [0.15, 0.2) is 5.78 Å². The van der Waals surface area contributed by atoms with Crippen molar-refractivity contribution in [2.24, 2.45) is 0 Å². The third-order valence-electron chi connectivity index (χ3n) is 3.80. The van der Waals surface area contributed by atoms with Crippen molar-refractivity contribution < 1.29 is 4.79 Å². The number of nitrogens with one attached hydrogen (secondary N) is 1. The van der Waals surface area contributed by atoms with E-state index in [1.165, 1.54) is 5.56 Å². The summed E-state index contributed by atoms with van der Waals surface area (Å²) in [6, 6.07) is 10.0. The van der Waals surface area contributed by atoms with Crippen LogP contribution < -0.4 is 0 Å². The van der Waals surface area contributed by atoms with E-state index in [0.717, 1.165) is 32.1 Å². The lowest BCUT2D eigenvalue weighted by molar-refractivity contribution is 0.103. The summed E-state index contributed by atoms with van der Waals surface area (Å²) in [4.78, 5) is 16.2. The first-order valence-corrected chi connectivity index (χ1v) is 7.66. The predicted octanol–water partition coefficient (Wildman–Crippen LogP) is 5.09. The van der Waals surface area contributed by atoms with Gasteiger partial charge in [-0.3, -0.25) is 4.79 Å². The number of carbonyl (C=O) groups excluding carboxylic acids is 1. The van der Waals surface area contributed by atoms with Crippen LogP contribution in [0.25, 0.3) is 10.9 Å². The van der Waals surface area contributed by atoms with Gasteiger partial charge in [-0.15, -0.1) is 0 Å². The molecule has 3 aromatic rings. The summed E-state index contributed by atoms with van der Waals surface area (Å²) < 4.78 is 0.937. The van der Waals surface area contributed by atoms with E-state index in [9.17, 15) is 4.79 Å². The van der Waals surface area contributed by atoms with Crippen molar-refractivity contribution >= 4 is 32.6 Å². The first-order valence-electron chi connectivity index (χ1n) is 6.87. The number of hydrogen-bond donors (Lipinski definition) is 1. The minimum atomic E-state index is 0.0724. The number of aromatic nitrogens is 1. The van der Waals surface area contributed by atoms with Gasteiger partial charge in [0.25, 0.3) is 0 Å². The molecule has 1 heterocycles. The zero-order chi connectivity index (χ0) is 15.1. The third kappa shape index (κ3) is 2.32. The summed E-state index contributed by atoms with van der Waals surface area (Å²) in [5.41, 5.74) is 5.72. The van der Waals surface area contributed by atoms with Crippen molar-refractivity contribution in [1.29, 1.82) is 0 Å². The van der Waals surface area contributed by atoms with Crippen LogP contribution in [0.3, 0.4) is 0 Å². The number of carbonyl (C=O) groups is 1. The van der Waals surface area contributed by atoms with E-state index in [-0.39, 0.29) is 5.78 Å². The maximum absolute atomic E-state index is 13.0. The van der Waals surface area contributed by atoms with Crippen molar-refractivity contribution in [3.63, 3.8) is 0 Å². The van der Waals surface area contributed by atoms with Gasteiger partial charge in [-0.25, -0.2) is 0 Å². The number of rotatable bonds is 2. The number of ketones is 1. The number of aromatic amines is 1. The lowest BCUT2D eigenvalue weighted by Gasteiger charge is -2.10. The molecule has 0 aliphatic carbocycles. The van der Waals surface area contributed by atoms with E-state index in [4.69, 9.17) is 0 Å². The Labute approximate surface area is 132 Å². The van der Waals surface area contributed by atoms with Crippen molar-refractivity contribution in [3.8, 4) is 0 Å². The topological polar surface area (TPSA) is 32.9 Å². The van der Waals surface area contributed by atoms with Crippen molar-refractivity contribution in [2.45, 2.75) is 20.8 Å². The van der Waals surface area contributed by atoms with Gasteiger partial charge in [-0.05, 0) is 44.0 Å². The summed E-state index contributed by atoms with van der Waals surface area (Å²) in [5.74, 6) is 0.0724. The number of hydrogen-bond acceptors (Lipinski definition) is 1. The van der Waals surface area contributed by atoms with E-state index >= 15 is 0 Å². The van der Waals surface area contributed by atoms with Crippen molar-refractivity contribution in [2.75, 3.05) is 0 Å². The number of H-pyrrole nitrogens is 1. The Morgan fingerprint density at radius 1 is 1.10 bits per heavy atom. The molecule has 1 aromatic heterocycles. The zero-order valence-electron chi connectivity index (χ0n) is 12.3. The highest BCUT2D eigenvalue weighted by Crippen LogP contribution is 2.30. The van der Waals surface area contributed by atoms with Gasteiger partial charge in [-0.1, -0.05) is 39.7 Å². The first kappa shape index (κ1) is 14.1. The van der Waals surface area contributed by atoms with Crippen molar-refractivity contribution in [3.05, 3.63) is 68.8 Å². The number of fused-ring (bicyclic) bond motifs is 1. The minimum Gasteiger partial charge on any atom is -0.360 e. The minimum absolute atomic E-state index is 0.0724. The summed E-state index contributed by atoms with van der Waals surface area (Å²) in [7, 11) is 0. The highest BCUT2D eigenvalue weighted by Gasteiger charge is 2.19. The van der Waals surface area contributed by atoms with Gasteiger partial charge in [-0.2, -0.15) is 0 Å². The molecule has 0 saturated carbocycles. The molecule has 3 rings (SSSR count). The Hall–Kier alpha value is -1.87. The van der Waals surface area contributed by atoms with E-state index in [1.807, 2.05) is 32.0 Å². The molecular formula is C18H16BrNO. The molecule has 0 amide bonds. The molecule has 0 unspecified atom stereocenters. The van der Waals surface area contributed by atoms with Crippen LogP contribution >= 0.6 is 15.9 Å². The monoisotopic (exact) mass is 341 g/mol. The van der Waals surface area contributed by atoms with Crippen LogP contribution in [0.1, 0.15) is 32.6 Å². The van der Waals surface area contributed by atoms with Gasteiger partial charge in [0, 0.05) is 32.7 Å². The lowest BCUT2D eigenvalue weighted by atomic mass is 9.93. The SMILES string of the molecule is Cc1cc(C)c(C(=O)c2c[nH]c3cccc(Br)c23)c(C)c1. The molecule has 21 heavy (non-hydrogen) atoms. The second-order valence-corrected chi connectivity index (χ2v) is 6.32. The molecule has 0 bridgehead atoms. The molecule has 0 aliphatic rings. The molecule has 3 heteroatoms. The smallest absolute Gasteiger partial charge is 0.195 e. The number of benzene rings is 2. The third-order valence-corrected chi connectivity index (χ3v) is 4.46. The van der Waals surface area contributed by atoms with Crippen molar-refractivity contribution in [1.82, 2.24) is 4.98 Å². The number of aryl methyl sites for hydroxylation is 3. The van der Waals surface area contributed by atoms with E-state index in [2.05, 4.69) is 40.0 Å². The van der Waals surface area contributed by atoms with Gasteiger partial charge in [0.05, 0.1) is 0 Å². The Morgan fingerprint density at radius 2 is 1.76 bits per heavy atom. The van der Waals surface area contributed by atoms with Gasteiger partial charge < -0.3 is 4.98 Å². The van der Waals surface area contributed by atoms with E-state index in [1.54, 1.807) is 6.20 Å². The molecule has 2 nitrogen and oxygen atoms in total. The lowest BCUT2D eigenvalue weighted by Crippen LogP contribution is -2.06. The molecule has 106 valence electrons. The molecule has 0 radical (unpaired) electrons. The molecule has 1 N–H and O–H groups in total. The fraction of sp³-hybridized carbons (Fsp3) is 0.167. The molecule has 0 saturated heterocycles. The highest BCUT2D eigenvalue weighted by molar-refractivity contribution is 9.10. The Kier molecular flexibility index (Phi) is 3.46. The van der Waals surface area contributed by atoms with Crippen LogP contribution in [0.4, 0.5) is 0 Å². The molecule has 0 spiro atoms.